The number of aromatic nitrogens is 4. The Balaban J connectivity index is 1.61. The quantitative estimate of drug-likeness (QED) is 0.282. The Kier molecular flexibility index (Phi) is 6.50. The molecule has 0 aliphatic carbocycles. The predicted molar refractivity (Wildman–Crippen MR) is 125 cm³/mol. The van der Waals surface area contributed by atoms with E-state index in [0.717, 1.165) is 17.1 Å². The monoisotopic (exact) mass is 464 g/mol. The number of H-pyrrole nitrogens is 1. The summed E-state index contributed by atoms with van der Waals surface area (Å²) in [6, 6.07) is 11.3. The maximum absolute atomic E-state index is 12.9. The van der Waals surface area contributed by atoms with Crippen LogP contribution in [0.5, 0.6) is 5.75 Å². The lowest BCUT2D eigenvalue weighted by molar-refractivity contribution is 0.101. The van der Waals surface area contributed by atoms with Crippen LogP contribution >= 0.6 is 11.8 Å². The summed E-state index contributed by atoms with van der Waals surface area (Å²) in [5, 5.41) is 9.31. The van der Waals surface area contributed by atoms with E-state index in [-0.39, 0.29) is 17.3 Å². The van der Waals surface area contributed by atoms with Gasteiger partial charge in [-0.05, 0) is 62.7 Å². The summed E-state index contributed by atoms with van der Waals surface area (Å²) in [4.78, 5) is 27.9. The number of carbonyl (C=O) groups is 2. The molecule has 8 nitrogen and oxygen atoms in total. The van der Waals surface area contributed by atoms with Crippen molar-refractivity contribution in [2.24, 2.45) is 0 Å². The molecule has 0 saturated heterocycles. The molecular formula is C24H24N4O4S. The average molecular weight is 465 g/mol. The van der Waals surface area contributed by atoms with Crippen LogP contribution in [0.4, 0.5) is 0 Å². The largest absolute Gasteiger partial charge is 0.497 e. The van der Waals surface area contributed by atoms with E-state index in [2.05, 4.69) is 15.2 Å². The van der Waals surface area contributed by atoms with Gasteiger partial charge in [0.05, 0.1) is 31.4 Å². The molecular weight excluding hydrogens is 440 g/mol. The lowest BCUT2D eigenvalue weighted by Gasteiger charge is -2.09. The molecule has 33 heavy (non-hydrogen) atoms. The van der Waals surface area contributed by atoms with E-state index in [9.17, 15) is 9.59 Å². The van der Waals surface area contributed by atoms with Crippen LogP contribution in [0.3, 0.4) is 0 Å². The van der Waals surface area contributed by atoms with Crippen LogP contribution in [0, 0.1) is 13.8 Å². The number of aromatic amines is 1. The molecule has 0 spiro atoms. The molecule has 0 aliphatic rings. The Morgan fingerprint density at radius 1 is 1.15 bits per heavy atom. The van der Waals surface area contributed by atoms with Gasteiger partial charge in [0.1, 0.15) is 11.5 Å². The molecule has 0 saturated carbocycles. The number of rotatable bonds is 9. The zero-order valence-electron chi connectivity index (χ0n) is 18.8. The van der Waals surface area contributed by atoms with Crippen LogP contribution in [0.25, 0.3) is 11.4 Å². The Labute approximate surface area is 195 Å². The second-order valence-corrected chi connectivity index (χ2v) is 8.54. The molecule has 9 heteroatoms. The molecule has 4 rings (SSSR count). The minimum atomic E-state index is -0.105. The normalized spacial score (nSPS) is 11.0. The van der Waals surface area contributed by atoms with E-state index in [4.69, 9.17) is 9.15 Å². The van der Waals surface area contributed by atoms with Crippen LogP contribution in [0.1, 0.15) is 44.8 Å². The first kappa shape index (κ1) is 22.6. The number of ketones is 2. The Morgan fingerprint density at radius 2 is 1.91 bits per heavy atom. The molecule has 170 valence electrons. The zero-order chi connectivity index (χ0) is 23.5. The highest BCUT2D eigenvalue weighted by Crippen LogP contribution is 2.28. The molecule has 4 aromatic rings. The van der Waals surface area contributed by atoms with Crippen LogP contribution in [0.15, 0.2) is 52.2 Å². The van der Waals surface area contributed by atoms with Gasteiger partial charge in [-0.1, -0.05) is 11.8 Å². The van der Waals surface area contributed by atoms with Crippen LogP contribution in [-0.4, -0.2) is 44.2 Å². The third-order valence-electron chi connectivity index (χ3n) is 5.36. The van der Waals surface area contributed by atoms with Crippen molar-refractivity contribution in [2.45, 2.75) is 32.5 Å². The molecule has 0 fully saturated rings. The highest BCUT2D eigenvalue weighted by Gasteiger charge is 2.22. The maximum Gasteiger partial charge on any atom is 0.192 e. The predicted octanol–water partition coefficient (Wildman–Crippen LogP) is 4.72. The maximum atomic E-state index is 12.9. The Hall–Kier alpha value is -3.59. The second-order valence-electron chi connectivity index (χ2n) is 7.59. The molecule has 0 amide bonds. The van der Waals surface area contributed by atoms with Crippen molar-refractivity contribution in [1.82, 2.24) is 19.7 Å². The molecule has 0 unspecified atom stereocenters. The van der Waals surface area contributed by atoms with E-state index in [1.807, 2.05) is 41.0 Å². The SMILES string of the molecule is COc1ccc(-c2nnc(SCC(=O)c3[nH]c(C)c(C(C)=O)c3C)n2Cc2ccco2)cc1. The topological polar surface area (TPSA) is 103 Å². The van der Waals surface area contributed by atoms with Gasteiger partial charge < -0.3 is 14.1 Å². The number of nitrogens with one attached hydrogen (secondary N) is 1. The summed E-state index contributed by atoms with van der Waals surface area (Å²) in [6.45, 7) is 5.52. The van der Waals surface area contributed by atoms with Crippen LogP contribution in [-0.2, 0) is 6.54 Å². The number of furan rings is 1. The van der Waals surface area contributed by atoms with Gasteiger partial charge in [-0.3, -0.25) is 14.2 Å². The molecule has 0 aliphatic heterocycles. The number of ether oxygens (including phenoxy) is 1. The van der Waals surface area contributed by atoms with Crippen LogP contribution < -0.4 is 4.74 Å². The Bertz CT molecular complexity index is 1290. The van der Waals surface area contributed by atoms with E-state index in [1.165, 1.54) is 18.7 Å². The van der Waals surface area contributed by atoms with Gasteiger partial charge in [-0.15, -0.1) is 10.2 Å². The van der Waals surface area contributed by atoms with Gasteiger partial charge in [0.2, 0.25) is 0 Å². The summed E-state index contributed by atoms with van der Waals surface area (Å²) in [5.74, 6) is 2.14. The van der Waals surface area contributed by atoms with Crippen molar-refractivity contribution in [1.29, 1.82) is 0 Å². The fourth-order valence-corrected chi connectivity index (χ4v) is 4.62. The molecule has 0 atom stereocenters. The number of Topliss-reactive ketones (excluding diaryl/α,β-unsaturated/α-hetero) is 2. The lowest BCUT2D eigenvalue weighted by atomic mass is 10.1. The van der Waals surface area contributed by atoms with Gasteiger partial charge in [0, 0.05) is 16.8 Å². The number of carbonyl (C=O) groups excluding carboxylic acids is 2. The van der Waals surface area contributed by atoms with Gasteiger partial charge >= 0.3 is 0 Å². The molecule has 0 radical (unpaired) electrons. The minimum Gasteiger partial charge on any atom is -0.497 e. The molecule has 3 heterocycles. The molecule has 1 N–H and O–H groups in total. The van der Waals surface area contributed by atoms with Crippen LogP contribution in [0.2, 0.25) is 0 Å². The summed E-state index contributed by atoms with van der Waals surface area (Å²) < 4.78 is 12.7. The number of nitrogens with zero attached hydrogens (tertiary/aromatic N) is 3. The summed E-state index contributed by atoms with van der Waals surface area (Å²) in [5.41, 5.74) is 3.29. The number of hydrogen-bond acceptors (Lipinski definition) is 7. The first-order valence-corrected chi connectivity index (χ1v) is 11.3. The summed E-state index contributed by atoms with van der Waals surface area (Å²) in [6.07, 6.45) is 1.62. The highest BCUT2D eigenvalue weighted by atomic mass is 32.2. The summed E-state index contributed by atoms with van der Waals surface area (Å²) in [7, 11) is 1.62. The van der Waals surface area contributed by atoms with E-state index < -0.39 is 0 Å². The fraction of sp³-hybridized carbons (Fsp3) is 0.250. The lowest BCUT2D eigenvalue weighted by Crippen LogP contribution is -2.08. The van der Waals surface area contributed by atoms with Crippen molar-refractivity contribution in [3.63, 3.8) is 0 Å². The third-order valence-corrected chi connectivity index (χ3v) is 6.33. The standard InChI is InChI=1S/C24H24N4O4S/c1-14-21(16(3)29)15(2)25-22(14)20(30)13-33-24-27-26-23(17-7-9-18(31-4)10-8-17)28(24)12-19-6-5-11-32-19/h5-11,25H,12-13H2,1-4H3. The third kappa shape index (κ3) is 4.63. The van der Waals surface area contributed by atoms with Crippen molar-refractivity contribution >= 4 is 23.3 Å². The number of aryl methyl sites for hydroxylation is 1. The number of thioether (sulfide) groups is 1. The fourth-order valence-electron chi connectivity index (χ4n) is 3.81. The van der Waals surface area contributed by atoms with E-state index >= 15 is 0 Å². The average Bonchev–Trinajstić information content (AvgIpc) is 3.52. The summed E-state index contributed by atoms with van der Waals surface area (Å²) >= 11 is 1.30. The van der Waals surface area contributed by atoms with Crippen molar-refractivity contribution in [3.8, 4) is 17.1 Å². The number of methoxy groups -OCH3 is 1. The van der Waals surface area contributed by atoms with E-state index in [1.54, 1.807) is 27.2 Å². The zero-order valence-corrected chi connectivity index (χ0v) is 19.7. The van der Waals surface area contributed by atoms with Gasteiger partial charge in [-0.25, -0.2) is 0 Å². The first-order valence-electron chi connectivity index (χ1n) is 10.3. The molecule has 3 aromatic heterocycles. The van der Waals surface area contributed by atoms with Gasteiger partial charge in [-0.2, -0.15) is 0 Å². The van der Waals surface area contributed by atoms with Gasteiger partial charge in [0.15, 0.2) is 22.5 Å². The Morgan fingerprint density at radius 3 is 2.52 bits per heavy atom. The molecule has 1 aromatic carbocycles. The molecule has 0 bridgehead atoms. The first-order chi connectivity index (χ1) is 15.9. The van der Waals surface area contributed by atoms with Gasteiger partial charge in [0.25, 0.3) is 0 Å². The van der Waals surface area contributed by atoms with E-state index in [0.29, 0.717) is 40.0 Å². The number of benzene rings is 1. The highest BCUT2D eigenvalue weighted by molar-refractivity contribution is 7.99. The van der Waals surface area contributed by atoms with Crippen molar-refractivity contribution in [3.05, 3.63) is 70.9 Å². The van der Waals surface area contributed by atoms with Crippen molar-refractivity contribution < 1.29 is 18.7 Å². The minimum absolute atomic E-state index is 0.0599. The van der Waals surface area contributed by atoms with Crippen molar-refractivity contribution in [2.75, 3.05) is 12.9 Å². The second kappa shape index (κ2) is 9.50. The smallest absolute Gasteiger partial charge is 0.192 e. The number of hydrogen-bond donors (Lipinski definition) is 1.